The number of hydrogen-bond acceptors (Lipinski definition) is 4. The molecule has 0 aromatic heterocycles. The number of rotatable bonds is 7. The third-order valence-electron chi connectivity index (χ3n) is 5.17. The van der Waals surface area contributed by atoms with Crippen LogP contribution in [0.4, 0.5) is 5.69 Å². The molecular weight excluding hydrogens is 497 g/mol. The van der Waals surface area contributed by atoms with Crippen LogP contribution in [0.15, 0.2) is 83.5 Å². The summed E-state index contributed by atoms with van der Waals surface area (Å²) in [4.78, 5) is 38.9. The Bertz CT molecular complexity index is 1290. The van der Waals surface area contributed by atoms with E-state index in [9.17, 15) is 14.4 Å². The lowest BCUT2D eigenvalue weighted by Gasteiger charge is -2.15. The van der Waals surface area contributed by atoms with Gasteiger partial charge in [-0.05, 0) is 47.5 Å². The SMILES string of the molecule is O=C(NCc1ccc(Cl)cc1Cl)c1ccc(NC2=C(Cl)C(=O)N(Cc3ccccc3)C2=O)cc1. The minimum atomic E-state index is -0.560. The number of carbonyl (C=O) groups excluding carboxylic acids is 3. The molecule has 0 radical (unpaired) electrons. The smallest absolute Gasteiger partial charge is 0.279 e. The number of imide groups is 1. The highest BCUT2D eigenvalue weighted by Crippen LogP contribution is 2.27. The molecule has 6 nitrogen and oxygen atoms in total. The standard InChI is InChI=1S/C25H18Cl3N3O3/c26-18-9-6-17(20(27)12-18)13-29-23(32)16-7-10-19(11-8-16)30-22-21(28)24(33)31(25(22)34)14-15-4-2-1-3-5-15/h1-12,30H,13-14H2,(H,29,32). The van der Waals surface area contributed by atoms with Crippen LogP contribution in [0.2, 0.25) is 10.0 Å². The van der Waals surface area contributed by atoms with Crippen LogP contribution in [0, 0.1) is 0 Å². The van der Waals surface area contributed by atoms with Gasteiger partial charge in [0, 0.05) is 27.8 Å². The Morgan fingerprint density at radius 3 is 2.24 bits per heavy atom. The number of benzene rings is 3. The Balaban J connectivity index is 1.39. The third-order valence-corrected chi connectivity index (χ3v) is 6.10. The Morgan fingerprint density at radius 1 is 0.853 bits per heavy atom. The van der Waals surface area contributed by atoms with Crippen molar-refractivity contribution in [1.29, 1.82) is 0 Å². The highest BCUT2D eigenvalue weighted by atomic mass is 35.5. The van der Waals surface area contributed by atoms with Gasteiger partial charge in [0.05, 0.1) is 6.54 Å². The molecule has 4 rings (SSSR count). The highest BCUT2D eigenvalue weighted by Gasteiger charge is 2.37. The maximum absolute atomic E-state index is 12.8. The fourth-order valence-corrected chi connectivity index (χ4v) is 4.06. The van der Waals surface area contributed by atoms with Crippen LogP contribution < -0.4 is 10.6 Å². The maximum Gasteiger partial charge on any atom is 0.279 e. The van der Waals surface area contributed by atoms with E-state index in [1.807, 2.05) is 30.3 Å². The molecular formula is C25H18Cl3N3O3. The summed E-state index contributed by atoms with van der Waals surface area (Å²) in [6.45, 7) is 0.363. The first-order chi connectivity index (χ1) is 16.3. The number of halogens is 3. The fraction of sp³-hybridized carbons (Fsp3) is 0.0800. The summed E-state index contributed by atoms with van der Waals surface area (Å²) in [5.41, 5.74) is 2.47. The molecule has 0 saturated carbocycles. The monoisotopic (exact) mass is 513 g/mol. The van der Waals surface area contributed by atoms with E-state index in [0.29, 0.717) is 21.3 Å². The van der Waals surface area contributed by atoms with Crippen molar-refractivity contribution in [2.24, 2.45) is 0 Å². The molecule has 34 heavy (non-hydrogen) atoms. The number of amides is 3. The molecule has 0 bridgehead atoms. The van der Waals surface area contributed by atoms with Crippen molar-refractivity contribution in [2.75, 3.05) is 5.32 Å². The predicted molar refractivity (Wildman–Crippen MR) is 133 cm³/mol. The van der Waals surface area contributed by atoms with Crippen molar-refractivity contribution in [3.63, 3.8) is 0 Å². The topological polar surface area (TPSA) is 78.5 Å². The van der Waals surface area contributed by atoms with Gasteiger partial charge in [0.15, 0.2) is 0 Å². The van der Waals surface area contributed by atoms with E-state index in [-0.39, 0.29) is 29.7 Å². The van der Waals surface area contributed by atoms with Gasteiger partial charge in [0.25, 0.3) is 17.7 Å². The zero-order valence-electron chi connectivity index (χ0n) is 17.6. The van der Waals surface area contributed by atoms with Gasteiger partial charge in [-0.25, -0.2) is 0 Å². The van der Waals surface area contributed by atoms with Crippen molar-refractivity contribution < 1.29 is 14.4 Å². The normalized spacial score (nSPS) is 13.4. The highest BCUT2D eigenvalue weighted by molar-refractivity contribution is 6.48. The first-order valence-corrected chi connectivity index (χ1v) is 11.4. The molecule has 3 aromatic rings. The zero-order valence-corrected chi connectivity index (χ0v) is 19.9. The van der Waals surface area contributed by atoms with Crippen LogP contribution in [0.5, 0.6) is 0 Å². The summed E-state index contributed by atoms with van der Waals surface area (Å²) in [7, 11) is 0. The van der Waals surface area contributed by atoms with Crippen LogP contribution in [-0.4, -0.2) is 22.6 Å². The Kier molecular flexibility index (Phi) is 7.22. The predicted octanol–water partition coefficient (Wildman–Crippen LogP) is 5.35. The quantitative estimate of drug-likeness (QED) is 0.416. The van der Waals surface area contributed by atoms with Gasteiger partial charge in [0.1, 0.15) is 10.7 Å². The molecule has 172 valence electrons. The molecule has 0 aliphatic carbocycles. The van der Waals surface area contributed by atoms with Gasteiger partial charge in [0.2, 0.25) is 0 Å². The Hall–Kier alpha value is -3.32. The molecule has 1 heterocycles. The van der Waals surface area contributed by atoms with Gasteiger partial charge >= 0.3 is 0 Å². The van der Waals surface area contributed by atoms with Crippen LogP contribution in [0.25, 0.3) is 0 Å². The van der Waals surface area contributed by atoms with Crippen LogP contribution in [-0.2, 0) is 22.7 Å². The second kappa shape index (κ2) is 10.3. The van der Waals surface area contributed by atoms with Gasteiger partial charge in [-0.3, -0.25) is 19.3 Å². The zero-order chi connectivity index (χ0) is 24.2. The van der Waals surface area contributed by atoms with Gasteiger partial charge in [-0.15, -0.1) is 0 Å². The fourth-order valence-electron chi connectivity index (χ4n) is 3.36. The number of nitrogens with zero attached hydrogens (tertiary/aromatic N) is 1. The molecule has 3 amide bonds. The summed E-state index contributed by atoms with van der Waals surface area (Å²) in [5.74, 6) is -1.37. The third kappa shape index (κ3) is 5.25. The first-order valence-electron chi connectivity index (χ1n) is 10.2. The number of carbonyl (C=O) groups is 3. The summed E-state index contributed by atoms with van der Waals surface area (Å²) in [6.07, 6.45) is 0. The van der Waals surface area contributed by atoms with E-state index >= 15 is 0 Å². The van der Waals surface area contributed by atoms with Crippen LogP contribution in [0.3, 0.4) is 0 Å². The van der Waals surface area contributed by atoms with Crippen molar-refractivity contribution in [2.45, 2.75) is 13.1 Å². The van der Waals surface area contributed by atoms with E-state index in [1.165, 1.54) is 0 Å². The second-order valence-electron chi connectivity index (χ2n) is 7.49. The lowest BCUT2D eigenvalue weighted by Crippen LogP contribution is -2.31. The van der Waals surface area contributed by atoms with Gasteiger partial charge in [-0.2, -0.15) is 0 Å². The first kappa shape index (κ1) is 23.8. The van der Waals surface area contributed by atoms with E-state index in [0.717, 1.165) is 16.0 Å². The molecule has 0 unspecified atom stereocenters. The van der Waals surface area contributed by atoms with Gasteiger partial charge < -0.3 is 10.6 Å². The summed E-state index contributed by atoms with van der Waals surface area (Å²) in [6, 6.07) is 20.7. The van der Waals surface area contributed by atoms with E-state index in [4.69, 9.17) is 34.8 Å². The molecule has 1 aliphatic rings. The second-order valence-corrected chi connectivity index (χ2v) is 8.71. The molecule has 0 fully saturated rings. The molecule has 1 aliphatic heterocycles. The lowest BCUT2D eigenvalue weighted by molar-refractivity contribution is -0.138. The van der Waals surface area contributed by atoms with Crippen LogP contribution in [0.1, 0.15) is 21.5 Å². The number of hydrogen-bond donors (Lipinski definition) is 2. The molecule has 9 heteroatoms. The summed E-state index contributed by atoms with van der Waals surface area (Å²) < 4.78 is 0. The molecule has 0 saturated heterocycles. The van der Waals surface area contributed by atoms with E-state index < -0.39 is 11.8 Å². The van der Waals surface area contributed by atoms with E-state index in [1.54, 1.807) is 42.5 Å². The minimum absolute atomic E-state index is 0.00261. The summed E-state index contributed by atoms with van der Waals surface area (Å²) >= 11 is 18.2. The number of anilines is 1. The van der Waals surface area contributed by atoms with Crippen molar-refractivity contribution in [3.05, 3.63) is 110 Å². The summed E-state index contributed by atoms with van der Waals surface area (Å²) in [5, 5.41) is 6.50. The Labute approximate surface area is 211 Å². The number of nitrogens with one attached hydrogen (secondary N) is 2. The molecule has 0 atom stereocenters. The van der Waals surface area contributed by atoms with Gasteiger partial charge in [-0.1, -0.05) is 71.2 Å². The Morgan fingerprint density at radius 2 is 1.56 bits per heavy atom. The van der Waals surface area contributed by atoms with Crippen molar-refractivity contribution in [1.82, 2.24) is 10.2 Å². The van der Waals surface area contributed by atoms with Crippen LogP contribution >= 0.6 is 34.8 Å². The van der Waals surface area contributed by atoms with Crippen molar-refractivity contribution >= 4 is 58.2 Å². The minimum Gasteiger partial charge on any atom is -0.350 e. The average molecular weight is 515 g/mol. The molecule has 2 N–H and O–H groups in total. The average Bonchev–Trinajstić information content (AvgIpc) is 3.03. The lowest BCUT2D eigenvalue weighted by atomic mass is 10.1. The largest absolute Gasteiger partial charge is 0.350 e. The van der Waals surface area contributed by atoms with E-state index in [2.05, 4.69) is 10.6 Å². The molecule has 3 aromatic carbocycles. The maximum atomic E-state index is 12.8. The van der Waals surface area contributed by atoms with Crippen molar-refractivity contribution in [3.8, 4) is 0 Å². The molecule has 0 spiro atoms.